The first-order valence-electron chi connectivity index (χ1n) is 7.25. The normalized spacial score (nSPS) is 17.0. The van der Waals surface area contributed by atoms with Gasteiger partial charge in [0.2, 0.25) is 0 Å². The average Bonchev–Trinajstić information content (AvgIpc) is 2.54. The Bertz CT molecular complexity index is 529. The predicted octanol–water partition coefficient (Wildman–Crippen LogP) is -0.158. The third kappa shape index (κ3) is 4.86. The number of nitrogens with zero attached hydrogens (tertiary/aromatic N) is 1. The summed E-state index contributed by atoms with van der Waals surface area (Å²) in [7, 11) is 1.25. The van der Waals surface area contributed by atoms with Gasteiger partial charge in [-0.1, -0.05) is 0 Å². The summed E-state index contributed by atoms with van der Waals surface area (Å²) in [5.74, 6) is 0.247. The van der Waals surface area contributed by atoms with Crippen molar-refractivity contribution in [3.05, 3.63) is 34.4 Å². The van der Waals surface area contributed by atoms with E-state index in [1.807, 2.05) is 0 Å². The van der Waals surface area contributed by atoms with Gasteiger partial charge in [-0.2, -0.15) is 0 Å². The monoisotopic (exact) mass is 345 g/mol. The van der Waals surface area contributed by atoms with E-state index in [0.29, 0.717) is 0 Å². The molecule has 136 valence electrons. The second kappa shape index (κ2) is 8.36. The number of hydrogen-bond acceptors (Lipinski definition) is 8. The van der Waals surface area contributed by atoms with Crippen LogP contribution in [0.25, 0.3) is 0 Å². The molecule has 0 aliphatic carbocycles. The molecule has 0 saturated carbocycles. The molecule has 0 fully saturated rings. The fourth-order valence-corrected chi connectivity index (χ4v) is 2.14. The first-order chi connectivity index (χ1) is 11.1. The van der Waals surface area contributed by atoms with Gasteiger partial charge in [0, 0.05) is 19.2 Å². The van der Waals surface area contributed by atoms with Crippen molar-refractivity contribution < 1.29 is 34.8 Å². The molecule has 9 heteroatoms. The molecule has 0 aromatic heterocycles. The minimum Gasteiger partial charge on any atom is -0.485 e. The molecule has 4 unspecified atom stereocenters. The number of nitro benzene ring substituents is 1. The van der Waals surface area contributed by atoms with E-state index in [0.717, 1.165) is 0 Å². The Labute approximate surface area is 139 Å². The van der Waals surface area contributed by atoms with Gasteiger partial charge in [-0.3, -0.25) is 10.1 Å². The lowest BCUT2D eigenvalue weighted by Gasteiger charge is -2.37. The van der Waals surface area contributed by atoms with Gasteiger partial charge in [0.25, 0.3) is 5.69 Å². The van der Waals surface area contributed by atoms with Crippen molar-refractivity contribution in [1.29, 1.82) is 0 Å². The molecule has 1 aromatic carbocycles. The highest BCUT2D eigenvalue weighted by Crippen LogP contribution is 2.26. The number of ether oxygens (including phenoxy) is 2. The van der Waals surface area contributed by atoms with Crippen molar-refractivity contribution >= 4 is 5.69 Å². The number of rotatable bonds is 9. The van der Waals surface area contributed by atoms with Crippen LogP contribution in [0.1, 0.15) is 13.8 Å². The third-order valence-electron chi connectivity index (χ3n) is 3.68. The third-order valence-corrected chi connectivity index (χ3v) is 3.68. The van der Waals surface area contributed by atoms with Crippen LogP contribution in [-0.4, -0.2) is 69.1 Å². The minimum atomic E-state index is -1.64. The van der Waals surface area contributed by atoms with Crippen LogP contribution in [-0.2, 0) is 4.74 Å². The van der Waals surface area contributed by atoms with Gasteiger partial charge in [0.1, 0.15) is 35.8 Å². The second-order valence-corrected chi connectivity index (χ2v) is 5.84. The van der Waals surface area contributed by atoms with Crippen LogP contribution in [0.4, 0.5) is 5.69 Å². The summed E-state index contributed by atoms with van der Waals surface area (Å²) in [6.07, 6.45) is -5.76. The van der Waals surface area contributed by atoms with E-state index in [-0.39, 0.29) is 11.4 Å². The maximum atomic E-state index is 10.6. The summed E-state index contributed by atoms with van der Waals surface area (Å²) in [6, 6.07) is 5.22. The zero-order valence-corrected chi connectivity index (χ0v) is 13.7. The Morgan fingerprint density at radius 2 is 1.71 bits per heavy atom. The first kappa shape index (κ1) is 20.3. The molecule has 1 aromatic rings. The summed E-state index contributed by atoms with van der Waals surface area (Å²) in [5, 5.41) is 50.0. The second-order valence-electron chi connectivity index (χ2n) is 5.84. The summed E-state index contributed by atoms with van der Waals surface area (Å²) in [5.41, 5.74) is -1.44. The maximum Gasteiger partial charge on any atom is 0.269 e. The van der Waals surface area contributed by atoms with Gasteiger partial charge < -0.3 is 29.9 Å². The molecule has 0 saturated heterocycles. The lowest BCUT2D eigenvalue weighted by atomic mass is 9.91. The molecule has 4 atom stereocenters. The van der Waals surface area contributed by atoms with Crippen LogP contribution in [0, 0.1) is 10.1 Å². The minimum absolute atomic E-state index is 0.109. The predicted molar refractivity (Wildman–Crippen MR) is 83.7 cm³/mol. The Morgan fingerprint density at radius 3 is 2.12 bits per heavy atom. The van der Waals surface area contributed by atoms with Crippen molar-refractivity contribution in [3.63, 3.8) is 0 Å². The SMILES string of the molecule is COC(CO)C(O)C(O)C(O)C(C)(C)Oc1ccc([N+](=O)[O-])cc1. The summed E-state index contributed by atoms with van der Waals surface area (Å²) in [6.45, 7) is 2.43. The fourth-order valence-electron chi connectivity index (χ4n) is 2.14. The zero-order chi connectivity index (χ0) is 18.5. The van der Waals surface area contributed by atoms with E-state index in [9.17, 15) is 25.4 Å². The molecule has 1 rings (SSSR count). The Hall–Kier alpha value is -1.78. The summed E-state index contributed by atoms with van der Waals surface area (Å²) in [4.78, 5) is 10.1. The quantitative estimate of drug-likeness (QED) is 0.357. The molecule has 0 bridgehead atoms. The van der Waals surface area contributed by atoms with E-state index in [1.54, 1.807) is 0 Å². The maximum absolute atomic E-state index is 10.6. The molecule has 0 aliphatic rings. The van der Waals surface area contributed by atoms with E-state index in [4.69, 9.17) is 14.6 Å². The van der Waals surface area contributed by atoms with E-state index in [1.165, 1.54) is 45.2 Å². The van der Waals surface area contributed by atoms with Gasteiger partial charge in [-0.15, -0.1) is 0 Å². The Kier molecular flexibility index (Phi) is 7.06. The molecule has 24 heavy (non-hydrogen) atoms. The van der Waals surface area contributed by atoms with Crippen LogP contribution in [0.5, 0.6) is 5.75 Å². The number of aliphatic hydroxyl groups excluding tert-OH is 4. The molecule has 0 spiro atoms. The van der Waals surface area contributed by atoms with Gasteiger partial charge in [-0.05, 0) is 26.0 Å². The molecular weight excluding hydrogens is 322 g/mol. The van der Waals surface area contributed by atoms with Crippen LogP contribution in [0.2, 0.25) is 0 Å². The average molecular weight is 345 g/mol. The highest BCUT2D eigenvalue weighted by Gasteiger charge is 2.41. The number of non-ortho nitro benzene ring substituents is 1. The molecule has 0 aliphatic heterocycles. The standard InChI is InChI=1S/C15H23NO8/c1-15(2,14(20)13(19)12(18)11(8-17)23-3)24-10-6-4-9(5-7-10)16(21)22/h4-7,11-14,17-20H,8H2,1-3H3. The molecule has 0 amide bonds. The van der Waals surface area contributed by atoms with Gasteiger partial charge in [0.15, 0.2) is 0 Å². The van der Waals surface area contributed by atoms with Crippen LogP contribution < -0.4 is 4.74 Å². The smallest absolute Gasteiger partial charge is 0.269 e. The molecular formula is C15H23NO8. The summed E-state index contributed by atoms with van der Waals surface area (Å²) >= 11 is 0. The van der Waals surface area contributed by atoms with Crippen LogP contribution in [0.15, 0.2) is 24.3 Å². The zero-order valence-electron chi connectivity index (χ0n) is 13.7. The largest absolute Gasteiger partial charge is 0.485 e. The van der Waals surface area contributed by atoms with E-state index in [2.05, 4.69) is 0 Å². The number of nitro groups is 1. The van der Waals surface area contributed by atoms with Crippen molar-refractivity contribution in [3.8, 4) is 5.75 Å². The molecule has 9 nitrogen and oxygen atoms in total. The first-order valence-corrected chi connectivity index (χ1v) is 7.25. The lowest BCUT2D eigenvalue weighted by Crippen LogP contribution is -2.56. The van der Waals surface area contributed by atoms with Crippen LogP contribution in [0.3, 0.4) is 0 Å². The van der Waals surface area contributed by atoms with E-state index < -0.39 is 41.5 Å². The van der Waals surface area contributed by atoms with Crippen molar-refractivity contribution in [2.75, 3.05) is 13.7 Å². The fraction of sp³-hybridized carbons (Fsp3) is 0.600. The summed E-state index contributed by atoms with van der Waals surface area (Å²) < 4.78 is 10.4. The highest BCUT2D eigenvalue weighted by molar-refractivity contribution is 5.36. The number of methoxy groups -OCH3 is 1. The van der Waals surface area contributed by atoms with E-state index >= 15 is 0 Å². The van der Waals surface area contributed by atoms with Gasteiger partial charge >= 0.3 is 0 Å². The molecule has 0 radical (unpaired) electrons. The van der Waals surface area contributed by atoms with Crippen molar-refractivity contribution in [1.82, 2.24) is 0 Å². The van der Waals surface area contributed by atoms with Gasteiger partial charge in [-0.25, -0.2) is 0 Å². The molecule has 0 heterocycles. The lowest BCUT2D eigenvalue weighted by molar-refractivity contribution is -0.384. The van der Waals surface area contributed by atoms with Crippen molar-refractivity contribution in [2.24, 2.45) is 0 Å². The number of benzene rings is 1. The topological polar surface area (TPSA) is 143 Å². The highest BCUT2D eigenvalue weighted by atomic mass is 16.6. The number of aliphatic hydroxyl groups is 4. The van der Waals surface area contributed by atoms with Crippen molar-refractivity contribution in [2.45, 2.75) is 43.9 Å². The van der Waals surface area contributed by atoms with Crippen LogP contribution >= 0.6 is 0 Å². The number of hydrogen-bond donors (Lipinski definition) is 4. The Morgan fingerprint density at radius 1 is 1.17 bits per heavy atom. The Balaban J connectivity index is 2.83. The van der Waals surface area contributed by atoms with Gasteiger partial charge in [0.05, 0.1) is 11.5 Å². The molecule has 4 N–H and O–H groups in total.